The van der Waals surface area contributed by atoms with Gasteiger partial charge in [0.2, 0.25) is 5.95 Å². The van der Waals surface area contributed by atoms with Crippen molar-refractivity contribution in [1.82, 2.24) is 14.8 Å². The number of nitrogens with zero attached hydrogens (tertiary/aromatic N) is 3. The van der Waals surface area contributed by atoms with Crippen LogP contribution in [0, 0.1) is 5.82 Å². The van der Waals surface area contributed by atoms with Crippen LogP contribution >= 0.6 is 0 Å². The van der Waals surface area contributed by atoms with Gasteiger partial charge in [-0.25, -0.2) is 13.9 Å². The van der Waals surface area contributed by atoms with Crippen LogP contribution in [0.4, 0.5) is 10.3 Å². The number of halogens is 1. The van der Waals surface area contributed by atoms with E-state index >= 15 is 0 Å². The van der Waals surface area contributed by atoms with Crippen LogP contribution in [-0.4, -0.2) is 27.3 Å². The van der Waals surface area contributed by atoms with Crippen LogP contribution in [0.25, 0.3) is 11.4 Å². The molecule has 1 atom stereocenters. The highest BCUT2D eigenvalue weighted by Crippen LogP contribution is 2.36. The summed E-state index contributed by atoms with van der Waals surface area (Å²) >= 11 is 0. The number of hydrogen-bond acceptors (Lipinski definition) is 5. The molecule has 1 aromatic heterocycles. The zero-order chi connectivity index (χ0) is 19.7. The summed E-state index contributed by atoms with van der Waals surface area (Å²) in [6.45, 7) is 3.87. The van der Waals surface area contributed by atoms with Crippen LogP contribution in [0.1, 0.15) is 25.5 Å². The Morgan fingerprint density at radius 2 is 1.89 bits per heavy atom. The van der Waals surface area contributed by atoms with Gasteiger partial charge in [0.05, 0.1) is 12.2 Å². The fourth-order valence-corrected chi connectivity index (χ4v) is 3.29. The monoisotopic (exact) mass is 378 g/mol. The largest absolute Gasteiger partial charge is 0.463 e. The smallest absolute Gasteiger partial charge is 0.338 e. The Hall–Kier alpha value is -3.48. The van der Waals surface area contributed by atoms with Crippen LogP contribution < -0.4 is 5.32 Å². The van der Waals surface area contributed by atoms with E-state index in [0.717, 1.165) is 5.56 Å². The van der Waals surface area contributed by atoms with Crippen molar-refractivity contribution in [1.29, 1.82) is 0 Å². The van der Waals surface area contributed by atoms with E-state index < -0.39 is 12.0 Å². The van der Waals surface area contributed by atoms with E-state index in [1.54, 1.807) is 23.7 Å². The van der Waals surface area contributed by atoms with Crippen LogP contribution in [0.15, 0.2) is 65.9 Å². The highest BCUT2D eigenvalue weighted by Gasteiger charge is 2.35. The van der Waals surface area contributed by atoms with Gasteiger partial charge in [-0.2, -0.15) is 4.98 Å². The molecule has 0 saturated carbocycles. The van der Waals surface area contributed by atoms with Crippen LogP contribution in [0.5, 0.6) is 0 Å². The van der Waals surface area contributed by atoms with Gasteiger partial charge in [-0.1, -0.05) is 30.3 Å². The van der Waals surface area contributed by atoms with Gasteiger partial charge < -0.3 is 10.1 Å². The molecule has 0 radical (unpaired) electrons. The fraction of sp³-hybridized carbons (Fsp3) is 0.190. The van der Waals surface area contributed by atoms with Crippen molar-refractivity contribution in [3.8, 4) is 11.4 Å². The molecule has 3 aromatic rings. The van der Waals surface area contributed by atoms with E-state index in [1.807, 2.05) is 37.3 Å². The molecule has 6 nitrogen and oxygen atoms in total. The summed E-state index contributed by atoms with van der Waals surface area (Å²) in [6, 6.07) is 15.1. The lowest BCUT2D eigenvalue weighted by Crippen LogP contribution is -2.29. The lowest BCUT2D eigenvalue weighted by molar-refractivity contribution is -0.139. The molecule has 0 fully saturated rings. The Kier molecular flexibility index (Phi) is 4.65. The third kappa shape index (κ3) is 3.15. The quantitative estimate of drug-likeness (QED) is 0.697. The van der Waals surface area contributed by atoms with E-state index in [0.29, 0.717) is 28.6 Å². The maximum absolute atomic E-state index is 13.3. The number of hydrogen-bond donors (Lipinski definition) is 1. The Morgan fingerprint density at radius 3 is 2.57 bits per heavy atom. The van der Waals surface area contributed by atoms with Gasteiger partial charge in [-0.3, -0.25) is 0 Å². The Morgan fingerprint density at radius 1 is 1.18 bits per heavy atom. The second-order valence-electron chi connectivity index (χ2n) is 6.41. The third-order valence-corrected chi connectivity index (χ3v) is 4.57. The van der Waals surface area contributed by atoms with E-state index in [-0.39, 0.29) is 12.4 Å². The number of fused-ring (bicyclic) bond motifs is 1. The number of esters is 1. The molecule has 4 rings (SSSR count). The van der Waals surface area contributed by atoms with E-state index in [1.165, 1.54) is 12.1 Å². The zero-order valence-electron chi connectivity index (χ0n) is 15.5. The average Bonchev–Trinajstić information content (AvgIpc) is 3.11. The summed E-state index contributed by atoms with van der Waals surface area (Å²) in [7, 11) is 0. The molecule has 7 heteroatoms. The number of ether oxygens (including phenoxy) is 1. The normalized spacial score (nSPS) is 15.8. The van der Waals surface area contributed by atoms with E-state index in [4.69, 9.17) is 4.74 Å². The van der Waals surface area contributed by atoms with Crippen molar-refractivity contribution in [3.63, 3.8) is 0 Å². The van der Waals surface area contributed by atoms with Crippen LogP contribution in [0.3, 0.4) is 0 Å². The SMILES string of the molecule is CCOC(=O)C1=C(C)Nc2nc(-c3ccc(F)cc3)nn2C1c1ccccc1. The predicted octanol–water partition coefficient (Wildman–Crippen LogP) is 3.94. The lowest BCUT2D eigenvalue weighted by atomic mass is 9.96. The summed E-state index contributed by atoms with van der Waals surface area (Å²) < 4.78 is 20.2. The second kappa shape index (κ2) is 7.26. The Labute approximate surface area is 161 Å². The number of anilines is 1. The molecule has 0 aliphatic carbocycles. The first-order valence-electron chi connectivity index (χ1n) is 9.01. The van der Waals surface area contributed by atoms with Gasteiger partial charge in [0.1, 0.15) is 11.9 Å². The number of rotatable bonds is 4. The minimum Gasteiger partial charge on any atom is -0.463 e. The molecule has 1 unspecified atom stereocenters. The van der Waals surface area contributed by atoms with Crippen molar-refractivity contribution in [2.75, 3.05) is 11.9 Å². The van der Waals surface area contributed by atoms with Gasteiger partial charge in [0.25, 0.3) is 0 Å². The van der Waals surface area contributed by atoms with E-state index in [9.17, 15) is 9.18 Å². The fourth-order valence-electron chi connectivity index (χ4n) is 3.29. The molecular weight excluding hydrogens is 359 g/mol. The number of allylic oxidation sites excluding steroid dienone is 1. The van der Waals surface area contributed by atoms with Gasteiger partial charge in [0, 0.05) is 11.3 Å². The molecule has 2 heterocycles. The highest BCUT2D eigenvalue weighted by molar-refractivity contribution is 5.92. The summed E-state index contributed by atoms with van der Waals surface area (Å²) in [5, 5.41) is 7.76. The number of aromatic nitrogens is 3. The molecule has 2 aromatic carbocycles. The molecule has 1 aliphatic rings. The minimum absolute atomic E-state index is 0.280. The van der Waals surface area contributed by atoms with Crippen molar-refractivity contribution >= 4 is 11.9 Å². The molecule has 0 spiro atoms. The van der Waals surface area contributed by atoms with Crippen molar-refractivity contribution in [2.45, 2.75) is 19.9 Å². The predicted molar refractivity (Wildman–Crippen MR) is 103 cm³/mol. The summed E-state index contributed by atoms with van der Waals surface area (Å²) in [4.78, 5) is 17.2. The van der Waals surface area contributed by atoms with Gasteiger partial charge in [0.15, 0.2) is 5.82 Å². The molecule has 0 bridgehead atoms. The average molecular weight is 378 g/mol. The number of carbonyl (C=O) groups is 1. The molecule has 28 heavy (non-hydrogen) atoms. The maximum Gasteiger partial charge on any atom is 0.338 e. The van der Waals surface area contributed by atoms with Gasteiger partial charge in [-0.15, -0.1) is 5.10 Å². The summed E-state index contributed by atoms with van der Waals surface area (Å²) in [5.74, 6) is 0.237. The van der Waals surface area contributed by atoms with Crippen molar-refractivity contribution in [3.05, 3.63) is 77.2 Å². The molecule has 142 valence electrons. The van der Waals surface area contributed by atoms with Gasteiger partial charge in [-0.05, 0) is 43.7 Å². The number of benzene rings is 2. The standard InChI is InChI=1S/C21H19FN4O2/c1-3-28-20(27)17-13(2)23-21-24-19(15-9-11-16(22)12-10-15)25-26(21)18(17)14-7-5-4-6-8-14/h4-12,18H,3H2,1-2H3,(H,23,24,25). The Bertz CT molecular complexity index is 1040. The minimum atomic E-state index is -0.474. The zero-order valence-corrected chi connectivity index (χ0v) is 15.5. The molecule has 0 amide bonds. The molecule has 0 saturated heterocycles. The molecule has 1 aliphatic heterocycles. The Balaban J connectivity index is 1.84. The summed E-state index contributed by atoms with van der Waals surface area (Å²) in [5.41, 5.74) is 2.73. The van der Waals surface area contributed by atoms with Crippen molar-refractivity contribution in [2.24, 2.45) is 0 Å². The first-order chi connectivity index (χ1) is 13.6. The van der Waals surface area contributed by atoms with Crippen molar-refractivity contribution < 1.29 is 13.9 Å². The topological polar surface area (TPSA) is 69.0 Å². The molecule has 1 N–H and O–H groups in total. The number of nitrogens with one attached hydrogen (secondary N) is 1. The summed E-state index contributed by atoms with van der Waals surface area (Å²) in [6.07, 6.45) is 0. The first-order valence-corrected chi connectivity index (χ1v) is 9.01. The molecular formula is C21H19FN4O2. The third-order valence-electron chi connectivity index (χ3n) is 4.57. The van der Waals surface area contributed by atoms with Crippen LogP contribution in [0.2, 0.25) is 0 Å². The van der Waals surface area contributed by atoms with E-state index in [2.05, 4.69) is 15.4 Å². The van der Waals surface area contributed by atoms with Crippen LogP contribution in [-0.2, 0) is 9.53 Å². The number of carbonyl (C=O) groups excluding carboxylic acids is 1. The second-order valence-corrected chi connectivity index (χ2v) is 6.41. The first kappa shape index (κ1) is 17.9. The van der Waals surface area contributed by atoms with Gasteiger partial charge >= 0.3 is 5.97 Å². The highest BCUT2D eigenvalue weighted by atomic mass is 19.1. The lowest BCUT2D eigenvalue weighted by Gasteiger charge is -2.28. The maximum atomic E-state index is 13.3.